The Kier molecular flexibility index (Phi) is 5.65. The molecular formula is C22H15F2N3O2. The first-order valence-electron chi connectivity index (χ1n) is 8.56. The Labute approximate surface area is 165 Å². The number of nitrogens with zero attached hydrogens (tertiary/aromatic N) is 1. The van der Waals surface area contributed by atoms with Gasteiger partial charge in [-0.2, -0.15) is 5.26 Å². The molecule has 3 rings (SSSR count). The summed E-state index contributed by atoms with van der Waals surface area (Å²) in [6.07, 6.45) is 0. The molecule has 3 aromatic rings. The molecule has 0 fully saturated rings. The Morgan fingerprint density at radius 2 is 1.52 bits per heavy atom. The zero-order valence-corrected chi connectivity index (χ0v) is 15.3. The lowest BCUT2D eigenvalue weighted by Crippen LogP contribution is -2.41. The van der Waals surface area contributed by atoms with Crippen molar-refractivity contribution in [2.45, 2.75) is 6.92 Å². The first kappa shape index (κ1) is 19.7. The van der Waals surface area contributed by atoms with Crippen LogP contribution >= 0.6 is 0 Å². The Balaban J connectivity index is 1.72. The summed E-state index contributed by atoms with van der Waals surface area (Å²) in [6, 6.07) is 15.7. The third-order valence-corrected chi connectivity index (χ3v) is 4.25. The molecule has 0 radical (unpaired) electrons. The Morgan fingerprint density at radius 3 is 2.14 bits per heavy atom. The Hall–Kier alpha value is -4.05. The van der Waals surface area contributed by atoms with Crippen LogP contribution in [-0.2, 0) is 0 Å². The summed E-state index contributed by atoms with van der Waals surface area (Å²) < 4.78 is 27.8. The molecule has 0 saturated carbocycles. The second-order valence-corrected chi connectivity index (χ2v) is 6.25. The highest BCUT2D eigenvalue weighted by Gasteiger charge is 2.14. The van der Waals surface area contributed by atoms with Crippen LogP contribution in [0.25, 0.3) is 11.1 Å². The molecule has 0 aliphatic carbocycles. The van der Waals surface area contributed by atoms with Gasteiger partial charge >= 0.3 is 0 Å². The van der Waals surface area contributed by atoms with Gasteiger partial charge in [0.05, 0.1) is 11.6 Å². The van der Waals surface area contributed by atoms with E-state index in [9.17, 15) is 18.4 Å². The predicted molar refractivity (Wildman–Crippen MR) is 103 cm³/mol. The maximum atomic E-state index is 14.5. The third kappa shape index (κ3) is 4.45. The molecule has 0 heterocycles. The molecule has 0 aromatic heterocycles. The van der Waals surface area contributed by atoms with Gasteiger partial charge in [-0.25, -0.2) is 8.78 Å². The van der Waals surface area contributed by atoms with Crippen molar-refractivity contribution >= 4 is 11.8 Å². The monoisotopic (exact) mass is 391 g/mol. The zero-order chi connectivity index (χ0) is 21.0. The molecule has 0 saturated heterocycles. The summed E-state index contributed by atoms with van der Waals surface area (Å²) in [5.74, 6) is -2.40. The van der Waals surface area contributed by atoms with Gasteiger partial charge in [0, 0.05) is 16.7 Å². The fourth-order valence-electron chi connectivity index (χ4n) is 2.79. The van der Waals surface area contributed by atoms with Crippen molar-refractivity contribution < 1.29 is 18.4 Å². The molecular weight excluding hydrogens is 376 g/mol. The standard InChI is InChI=1S/C22H15F2N3O2/c1-13-9-17(23)6-8-18(13)19-7-5-16(11-20(19)24)22(29)27-26-21(28)15-4-2-3-14(10-15)12-25/h2-11H,1H3,(H,26,28)(H,27,29). The lowest BCUT2D eigenvalue weighted by molar-refractivity contribution is 0.0846. The van der Waals surface area contributed by atoms with Crippen LogP contribution in [0, 0.1) is 29.9 Å². The number of amides is 2. The van der Waals surface area contributed by atoms with Crippen molar-refractivity contribution in [2.24, 2.45) is 0 Å². The van der Waals surface area contributed by atoms with Crippen LogP contribution in [0.2, 0.25) is 0 Å². The number of nitrogens with one attached hydrogen (secondary N) is 2. The normalized spacial score (nSPS) is 10.1. The number of nitriles is 1. The van der Waals surface area contributed by atoms with Crippen LogP contribution in [0.5, 0.6) is 0 Å². The largest absolute Gasteiger partial charge is 0.269 e. The number of carbonyl (C=O) groups excluding carboxylic acids is 2. The topological polar surface area (TPSA) is 82.0 Å². The van der Waals surface area contributed by atoms with Crippen molar-refractivity contribution in [1.82, 2.24) is 10.9 Å². The van der Waals surface area contributed by atoms with Gasteiger partial charge < -0.3 is 0 Å². The number of carbonyl (C=O) groups is 2. The van der Waals surface area contributed by atoms with Crippen LogP contribution in [0.4, 0.5) is 8.78 Å². The van der Waals surface area contributed by atoms with Crippen LogP contribution in [0.3, 0.4) is 0 Å². The van der Waals surface area contributed by atoms with Gasteiger partial charge in [-0.3, -0.25) is 20.4 Å². The lowest BCUT2D eigenvalue weighted by Gasteiger charge is -2.10. The Morgan fingerprint density at radius 1 is 0.862 bits per heavy atom. The van der Waals surface area contributed by atoms with Crippen LogP contribution in [0.15, 0.2) is 60.7 Å². The van der Waals surface area contributed by atoms with Gasteiger partial charge in [0.25, 0.3) is 11.8 Å². The highest BCUT2D eigenvalue weighted by atomic mass is 19.1. The first-order chi connectivity index (χ1) is 13.9. The predicted octanol–water partition coefficient (Wildman–Crippen LogP) is 3.89. The molecule has 5 nitrogen and oxygen atoms in total. The number of benzene rings is 3. The molecule has 0 unspecified atom stereocenters. The van der Waals surface area contributed by atoms with E-state index in [1.807, 2.05) is 6.07 Å². The van der Waals surface area contributed by atoms with Crippen molar-refractivity contribution in [2.75, 3.05) is 0 Å². The zero-order valence-electron chi connectivity index (χ0n) is 15.3. The molecule has 2 N–H and O–H groups in total. The van der Waals surface area contributed by atoms with E-state index in [0.717, 1.165) is 6.07 Å². The minimum Gasteiger partial charge on any atom is -0.267 e. The minimum absolute atomic E-state index is 0.00269. The molecule has 0 bridgehead atoms. The first-order valence-corrected chi connectivity index (χ1v) is 8.56. The molecule has 144 valence electrons. The molecule has 2 amide bonds. The highest BCUT2D eigenvalue weighted by molar-refractivity contribution is 5.99. The van der Waals surface area contributed by atoms with E-state index < -0.39 is 23.4 Å². The third-order valence-electron chi connectivity index (χ3n) is 4.25. The number of hydrazine groups is 1. The van der Waals surface area contributed by atoms with Gasteiger partial charge in [0.15, 0.2) is 0 Å². The van der Waals surface area contributed by atoms with E-state index in [-0.39, 0.29) is 16.7 Å². The molecule has 0 aliphatic heterocycles. The summed E-state index contributed by atoms with van der Waals surface area (Å²) in [5.41, 5.74) is 6.22. The minimum atomic E-state index is -0.712. The summed E-state index contributed by atoms with van der Waals surface area (Å²) >= 11 is 0. The highest BCUT2D eigenvalue weighted by Crippen LogP contribution is 2.27. The summed E-state index contributed by atoms with van der Waals surface area (Å²) in [6.45, 7) is 1.66. The van der Waals surface area contributed by atoms with Crippen molar-refractivity contribution in [3.05, 3.63) is 94.6 Å². The van der Waals surface area contributed by atoms with Crippen molar-refractivity contribution in [3.63, 3.8) is 0 Å². The molecule has 29 heavy (non-hydrogen) atoms. The van der Waals surface area contributed by atoms with Crippen molar-refractivity contribution in [3.8, 4) is 17.2 Å². The van der Waals surface area contributed by atoms with Crippen LogP contribution in [-0.4, -0.2) is 11.8 Å². The van der Waals surface area contributed by atoms with E-state index in [0.29, 0.717) is 16.7 Å². The number of aryl methyl sites for hydroxylation is 1. The molecule has 7 heteroatoms. The maximum Gasteiger partial charge on any atom is 0.269 e. The molecule has 3 aromatic carbocycles. The van der Waals surface area contributed by atoms with E-state index in [1.54, 1.807) is 19.1 Å². The number of halogens is 2. The van der Waals surface area contributed by atoms with Crippen LogP contribution < -0.4 is 10.9 Å². The molecule has 0 atom stereocenters. The van der Waals surface area contributed by atoms with E-state index in [2.05, 4.69) is 10.9 Å². The van der Waals surface area contributed by atoms with Gasteiger partial charge in [-0.15, -0.1) is 0 Å². The van der Waals surface area contributed by atoms with E-state index >= 15 is 0 Å². The van der Waals surface area contributed by atoms with Gasteiger partial charge in [-0.1, -0.05) is 18.2 Å². The van der Waals surface area contributed by atoms with Gasteiger partial charge in [0.2, 0.25) is 0 Å². The lowest BCUT2D eigenvalue weighted by atomic mass is 9.98. The summed E-state index contributed by atoms with van der Waals surface area (Å²) in [4.78, 5) is 24.3. The second-order valence-electron chi connectivity index (χ2n) is 6.25. The van der Waals surface area contributed by atoms with Gasteiger partial charge in [0.1, 0.15) is 11.6 Å². The smallest absolute Gasteiger partial charge is 0.267 e. The number of hydrogen-bond acceptors (Lipinski definition) is 3. The van der Waals surface area contributed by atoms with Crippen molar-refractivity contribution in [1.29, 1.82) is 5.26 Å². The number of rotatable bonds is 3. The number of hydrogen-bond donors (Lipinski definition) is 2. The summed E-state index contributed by atoms with van der Waals surface area (Å²) in [5, 5.41) is 8.87. The average Bonchev–Trinajstić information content (AvgIpc) is 2.72. The van der Waals surface area contributed by atoms with E-state index in [1.165, 1.54) is 42.5 Å². The van der Waals surface area contributed by atoms with Crippen LogP contribution in [0.1, 0.15) is 31.8 Å². The average molecular weight is 391 g/mol. The quantitative estimate of drug-likeness (QED) is 0.665. The molecule has 0 spiro atoms. The SMILES string of the molecule is Cc1cc(F)ccc1-c1ccc(C(=O)NNC(=O)c2cccc(C#N)c2)cc1F. The fraction of sp³-hybridized carbons (Fsp3) is 0.0455. The molecule has 0 aliphatic rings. The van der Waals surface area contributed by atoms with Gasteiger partial charge in [-0.05, 0) is 60.5 Å². The summed E-state index contributed by atoms with van der Waals surface area (Å²) in [7, 11) is 0. The second kappa shape index (κ2) is 8.31. The van der Waals surface area contributed by atoms with E-state index in [4.69, 9.17) is 5.26 Å². The fourth-order valence-corrected chi connectivity index (χ4v) is 2.79. The Bertz CT molecular complexity index is 1150. The maximum absolute atomic E-state index is 14.5.